The fraction of sp³-hybridized carbons (Fsp3) is 0.267. The summed E-state index contributed by atoms with van der Waals surface area (Å²) in [7, 11) is 0. The van der Waals surface area contributed by atoms with Gasteiger partial charge in [-0.25, -0.2) is 0 Å². The smallest absolute Gasteiger partial charge is 0.191 e. The number of rotatable bonds is 6. The van der Waals surface area contributed by atoms with Crippen molar-refractivity contribution >= 4 is 5.82 Å². The van der Waals surface area contributed by atoms with Crippen molar-refractivity contribution in [3.05, 3.63) is 54.6 Å². The van der Waals surface area contributed by atoms with Crippen LogP contribution in [0.3, 0.4) is 0 Å². The highest BCUT2D eigenvalue weighted by Gasteiger charge is 2.24. The van der Waals surface area contributed by atoms with Crippen molar-refractivity contribution in [2.75, 3.05) is 11.9 Å². The predicted molar refractivity (Wildman–Crippen MR) is 76.4 cm³/mol. The molecule has 2 rings (SSSR count). The van der Waals surface area contributed by atoms with E-state index in [-0.39, 0.29) is 6.61 Å². The fourth-order valence-electron chi connectivity index (χ4n) is 1.53. The zero-order valence-corrected chi connectivity index (χ0v) is 11.6. The Bertz CT molecular complexity index is 576. The number of hydrogen-bond donors (Lipinski definition) is 2. The largest absolute Gasteiger partial charge is 0.442 e. The van der Waals surface area contributed by atoms with Gasteiger partial charge in [-0.1, -0.05) is 37.2 Å². The second-order valence-corrected chi connectivity index (χ2v) is 5.08. The number of aliphatic hydroxyl groups is 1. The molecular weight excluding hydrogens is 256 g/mol. The standard InChI is InChI=1S/C15H18N2O3/c1-11(19-12-7-5-4-6-8-12)16-14-9-13(20-17-14)15(2,3)10-18/h4-9,18H,1,10H2,2-3H3,(H,16,17). The maximum Gasteiger partial charge on any atom is 0.191 e. The minimum Gasteiger partial charge on any atom is -0.442 e. The molecule has 0 radical (unpaired) electrons. The van der Waals surface area contributed by atoms with Gasteiger partial charge < -0.3 is 19.7 Å². The van der Waals surface area contributed by atoms with Crippen LogP contribution in [0.1, 0.15) is 19.6 Å². The number of anilines is 1. The maximum absolute atomic E-state index is 9.28. The van der Waals surface area contributed by atoms with Crippen LogP contribution >= 0.6 is 0 Å². The van der Waals surface area contributed by atoms with Gasteiger partial charge in [0.25, 0.3) is 0 Å². The molecule has 5 nitrogen and oxygen atoms in total. The third-order valence-electron chi connectivity index (χ3n) is 2.82. The number of hydrogen-bond acceptors (Lipinski definition) is 5. The van der Waals surface area contributed by atoms with Gasteiger partial charge in [0.2, 0.25) is 0 Å². The molecule has 1 aromatic carbocycles. The lowest BCUT2D eigenvalue weighted by Gasteiger charge is -2.16. The van der Waals surface area contributed by atoms with Crippen molar-refractivity contribution in [1.82, 2.24) is 5.16 Å². The van der Waals surface area contributed by atoms with E-state index in [0.29, 0.717) is 23.2 Å². The number of ether oxygens (including phenoxy) is 1. The summed E-state index contributed by atoms with van der Waals surface area (Å²) in [5, 5.41) is 16.1. The first-order valence-electron chi connectivity index (χ1n) is 6.28. The Morgan fingerprint density at radius 3 is 2.75 bits per heavy atom. The van der Waals surface area contributed by atoms with Gasteiger partial charge >= 0.3 is 0 Å². The Morgan fingerprint density at radius 1 is 1.40 bits per heavy atom. The number of nitrogens with zero attached hydrogens (tertiary/aromatic N) is 1. The van der Waals surface area contributed by atoms with Gasteiger partial charge in [0.15, 0.2) is 11.7 Å². The quantitative estimate of drug-likeness (QED) is 0.793. The van der Waals surface area contributed by atoms with E-state index in [1.165, 1.54) is 0 Å². The van der Waals surface area contributed by atoms with Crippen LogP contribution in [0.4, 0.5) is 5.82 Å². The zero-order chi connectivity index (χ0) is 14.6. The van der Waals surface area contributed by atoms with Crippen molar-refractivity contribution in [1.29, 1.82) is 0 Å². The van der Waals surface area contributed by atoms with E-state index in [2.05, 4.69) is 17.1 Å². The van der Waals surface area contributed by atoms with E-state index in [1.54, 1.807) is 6.07 Å². The number of nitrogens with one attached hydrogen (secondary N) is 1. The van der Waals surface area contributed by atoms with Crippen LogP contribution in [0.25, 0.3) is 0 Å². The summed E-state index contributed by atoms with van der Waals surface area (Å²) in [5.74, 6) is 2.11. The molecule has 1 aromatic heterocycles. The zero-order valence-electron chi connectivity index (χ0n) is 11.6. The topological polar surface area (TPSA) is 67.5 Å². The summed E-state index contributed by atoms with van der Waals surface area (Å²) >= 11 is 0. The number of benzene rings is 1. The molecule has 20 heavy (non-hydrogen) atoms. The summed E-state index contributed by atoms with van der Waals surface area (Å²) in [6.07, 6.45) is 0. The molecule has 0 amide bonds. The Kier molecular flexibility index (Phi) is 4.10. The van der Waals surface area contributed by atoms with E-state index in [9.17, 15) is 5.11 Å². The Labute approximate surface area is 117 Å². The van der Waals surface area contributed by atoms with Crippen LogP contribution < -0.4 is 10.1 Å². The second-order valence-electron chi connectivity index (χ2n) is 5.08. The van der Waals surface area contributed by atoms with Crippen LogP contribution in [0.5, 0.6) is 5.75 Å². The number of aliphatic hydroxyl groups excluding tert-OH is 1. The lowest BCUT2D eigenvalue weighted by molar-refractivity contribution is 0.187. The van der Waals surface area contributed by atoms with Crippen LogP contribution in [0.2, 0.25) is 0 Å². The fourth-order valence-corrected chi connectivity index (χ4v) is 1.53. The highest BCUT2D eigenvalue weighted by atomic mass is 16.5. The monoisotopic (exact) mass is 274 g/mol. The first-order chi connectivity index (χ1) is 9.51. The first-order valence-corrected chi connectivity index (χ1v) is 6.28. The summed E-state index contributed by atoms with van der Waals surface area (Å²) in [5.41, 5.74) is -0.478. The molecule has 0 saturated carbocycles. The van der Waals surface area contributed by atoms with E-state index >= 15 is 0 Å². The Morgan fingerprint density at radius 2 is 2.10 bits per heavy atom. The van der Waals surface area contributed by atoms with Gasteiger partial charge in [-0.3, -0.25) is 0 Å². The minimum absolute atomic E-state index is 0.0247. The van der Waals surface area contributed by atoms with Crippen molar-refractivity contribution in [3.8, 4) is 5.75 Å². The van der Waals surface area contributed by atoms with Crippen LogP contribution in [-0.4, -0.2) is 16.9 Å². The van der Waals surface area contributed by atoms with Crippen LogP contribution in [0.15, 0.2) is 53.4 Å². The van der Waals surface area contributed by atoms with Gasteiger partial charge in [0.05, 0.1) is 6.61 Å². The second kappa shape index (κ2) is 5.79. The van der Waals surface area contributed by atoms with Gasteiger partial charge in [-0.2, -0.15) is 0 Å². The molecule has 0 spiro atoms. The number of aromatic nitrogens is 1. The summed E-state index contributed by atoms with van der Waals surface area (Å²) in [4.78, 5) is 0. The molecule has 0 aliphatic heterocycles. The summed E-state index contributed by atoms with van der Waals surface area (Å²) in [6.45, 7) is 7.48. The average Bonchev–Trinajstić information content (AvgIpc) is 2.89. The molecule has 0 unspecified atom stereocenters. The van der Waals surface area contributed by atoms with Crippen LogP contribution in [0, 0.1) is 0 Å². The van der Waals surface area contributed by atoms with Crippen molar-refractivity contribution in [2.24, 2.45) is 0 Å². The van der Waals surface area contributed by atoms with E-state index < -0.39 is 5.41 Å². The van der Waals surface area contributed by atoms with Gasteiger partial charge in [0, 0.05) is 11.5 Å². The highest BCUT2D eigenvalue weighted by Crippen LogP contribution is 2.25. The molecular formula is C15H18N2O3. The molecule has 5 heteroatoms. The molecule has 0 fully saturated rings. The lowest BCUT2D eigenvalue weighted by Crippen LogP contribution is -2.21. The third-order valence-corrected chi connectivity index (χ3v) is 2.82. The van der Waals surface area contributed by atoms with Gasteiger partial charge in [0.1, 0.15) is 11.5 Å². The summed E-state index contributed by atoms with van der Waals surface area (Å²) < 4.78 is 10.7. The lowest BCUT2D eigenvalue weighted by atomic mass is 9.92. The highest BCUT2D eigenvalue weighted by molar-refractivity contribution is 5.41. The molecule has 0 bridgehead atoms. The van der Waals surface area contributed by atoms with Gasteiger partial charge in [-0.05, 0) is 18.7 Å². The van der Waals surface area contributed by atoms with Crippen LogP contribution in [-0.2, 0) is 5.41 Å². The molecule has 0 aliphatic carbocycles. The Hall–Kier alpha value is -2.27. The third kappa shape index (κ3) is 3.39. The van der Waals surface area contributed by atoms with E-state index in [0.717, 1.165) is 0 Å². The average molecular weight is 274 g/mol. The molecule has 0 atom stereocenters. The summed E-state index contributed by atoms with van der Waals surface area (Å²) in [6, 6.07) is 11.0. The minimum atomic E-state index is -0.478. The van der Waals surface area contributed by atoms with Gasteiger partial charge in [-0.15, -0.1) is 0 Å². The normalized spacial score (nSPS) is 11.2. The van der Waals surface area contributed by atoms with Crippen molar-refractivity contribution < 1.29 is 14.4 Å². The predicted octanol–water partition coefficient (Wildman–Crippen LogP) is 2.91. The molecule has 0 aliphatic rings. The maximum atomic E-state index is 9.28. The molecule has 0 saturated heterocycles. The number of para-hydroxylation sites is 1. The Balaban J connectivity index is 1.99. The van der Waals surface area contributed by atoms with Crippen molar-refractivity contribution in [3.63, 3.8) is 0 Å². The molecule has 106 valence electrons. The molecule has 1 heterocycles. The van der Waals surface area contributed by atoms with E-state index in [4.69, 9.17) is 9.26 Å². The first kappa shape index (κ1) is 14.1. The van der Waals surface area contributed by atoms with Crippen molar-refractivity contribution in [2.45, 2.75) is 19.3 Å². The SMILES string of the molecule is C=C(Nc1cc(C(C)(C)CO)on1)Oc1ccccc1. The molecule has 2 aromatic rings. The molecule has 2 N–H and O–H groups in total. The van der Waals surface area contributed by atoms with E-state index in [1.807, 2.05) is 44.2 Å².